The van der Waals surface area contributed by atoms with E-state index in [1.54, 1.807) is 27.5 Å². The highest BCUT2D eigenvalue weighted by Gasteiger charge is 2.08. The molecule has 0 atom stereocenters. The van der Waals surface area contributed by atoms with Gasteiger partial charge in [0.25, 0.3) is 0 Å². The average molecular weight is 472 g/mol. The fraction of sp³-hybridized carbons (Fsp3) is 0.333. The van der Waals surface area contributed by atoms with Gasteiger partial charge >= 0.3 is 0 Å². The fourth-order valence-electron chi connectivity index (χ4n) is 2.26. The van der Waals surface area contributed by atoms with E-state index in [4.69, 9.17) is 14.2 Å². The van der Waals surface area contributed by atoms with E-state index in [-0.39, 0.29) is 24.0 Å². The van der Waals surface area contributed by atoms with Crippen molar-refractivity contribution >= 4 is 35.6 Å². The Morgan fingerprint density at radius 3 is 2.62 bits per heavy atom. The molecule has 7 nitrogen and oxygen atoms in total. The molecule has 2 aromatic rings. The van der Waals surface area contributed by atoms with Crippen LogP contribution >= 0.6 is 24.0 Å². The molecule has 26 heavy (non-hydrogen) atoms. The molecule has 0 saturated heterocycles. The highest BCUT2D eigenvalue weighted by atomic mass is 127. The first kappa shape index (κ1) is 21.8. The largest absolute Gasteiger partial charge is 0.493 e. The Morgan fingerprint density at radius 1 is 1.15 bits per heavy atom. The van der Waals surface area contributed by atoms with Crippen molar-refractivity contribution in [2.75, 3.05) is 33.2 Å². The van der Waals surface area contributed by atoms with Crippen LogP contribution in [0.5, 0.6) is 17.4 Å². The summed E-state index contributed by atoms with van der Waals surface area (Å²) in [5, 5.41) is 6.46. The second-order valence-electron chi connectivity index (χ2n) is 5.02. The van der Waals surface area contributed by atoms with E-state index in [2.05, 4.69) is 20.6 Å². The number of benzene rings is 1. The number of ether oxygens (including phenoxy) is 3. The topological polar surface area (TPSA) is 77.0 Å². The van der Waals surface area contributed by atoms with Crippen LogP contribution in [0.15, 0.2) is 41.5 Å². The molecule has 1 aromatic carbocycles. The number of hydrogen-bond acceptors (Lipinski definition) is 5. The highest BCUT2D eigenvalue weighted by molar-refractivity contribution is 14.0. The van der Waals surface area contributed by atoms with E-state index in [1.807, 2.05) is 37.3 Å². The van der Waals surface area contributed by atoms with Crippen LogP contribution in [-0.4, -0.2) is 38.8 Å². The minimum atomic E-state index is 0. The maximum Gasteiger partial charge on any atom is 0.218 e. The molecule has 1 heterocycles. The zero-order valence-electron chi connectivity index (χ0n) is 15.4. The summed E-state index contributed by atoms with van der Waals surface area (Å²) >= 11 is 0. The van der Waals surface area contributed by atoms with Crippen LogP contribution in [0.4, 0.5) is 5.69 Å². The van der Waals surface area contributed by atoms with Crippen molar-refractivity contribution in [2.45, 2.75) is 13.5 Å². The van der Waals surface area contributed by atoms with E-state index in [1.165, 1.54) is 0 Å². The maximum absolute atomic E-state index is 5.59. The molecule has 0 amide bonds. The van der Waals surface area contributed by atoms with Gasteiger partial charge in [0.1, 0.15) is 0 Å². The first-order valence-electron chi connectivity index (χ1n) is 7.98. The second kappa shape index (κ2) is 11.4. The van der Waals surface area contributed by atoms with Gasteiger partial charge in [-0.05, 0) is 25.1 Å². The van der Waals surface area contributed by atoms with Gasteiger partial charge in [-0.25, -0.2) is 4.98 Å². The number of hydrogen-bond donors (Lipinski definition) is 2. The van der Waals surface area contributed by atoms with E-state index < -0.39 is 0 Å². The number of methoxy groups -OCH3 is 2. The van der Waals surface area contributed by atoms with Gasteiger partial charge in [-0.2, -0.15) is 0 Å². The van der Waals surface area contributed by atoms with Gasteiger partial charge in [-0.15, -0.1) is 24.0 Å². The van der Waals surface area contributed by atoms with Gasteiger partial charge in [0.15, 0.2) is 17.5 Å². The van der Waals surface area contributed by atoms with Crippen molar-refractivity contribution < 1.29 is 14.2 Å². The highest BCUT2D eigenvalue weighted by Crippen LogP contribution is 2.30. The summed E-state index contributed by atoms with van der Waals surface area (Å²) in [6.07, 6.45) is 1.70. The second-order valence-corrected chi connectivity index (χ2v) is 5.02. The number of aromatic nitrogens is 1. The number of nitrogens with one attached hydrogen (secondary N) is 2. The Labute approximate surface area is 171 Å². The van der Waals surface area contributed by atoms with Gasteiger partial charge in [-0.1, -0.05) is 6.07 Å². The van der Waals surface area contributed by atoms with Crippen molar-refractivity contribution in [3.63, 3.8) is 0 Å². The minimum Gasteiger partial charge on any atom is -0.493 e. The molecule has 0 radical (unpaired) electrons. The maximum atomic E-state index is 5.59. The summed E-state index contributed by atoms with van der Waals surface area (Å²) in [6.45, 7) is 3.03. The molecule has 2 rings (SSSR count). The lowest BCUT2D eigenvalue weighted by molar-refractivity contribution is 0.311. The summed E-state index contributed by atoms with van der Waals surface area (Å²) in [5.41, 5.74) is 1.79. The summed E-state index contributed by atoms with van der Waals surface area (Å²) in [6, 6.07) is 9.45. The Hall–Kier alpha value is -2.23. The van der Waals surface area contributed by atoms with Gasteiger partial charge < -0.3 is 24.8 Å². The lowest BCUT2D eigenvalue weighted by Gasteiger charge is -2.15. The molecule has 0 fully saturated rings. The number of guanidine groups is 1. The van der Waals surface area contributed by atoms with Gasteiger partial charge in [0.2, 0.25) is 5.88 Å². The normalized spacial score (nSPS) is 10.5. The molecule has 2 N–H and O–H groups in total. The SMILES string of the molecule is CCOc1cc(NC(=NC)NCc2cccnc2OC)ccc1OC.I. The first-order valence-corrected chi connectivity index (χ1v) is 7.98. The molecule has 0 unspecified atom stereocenters. The number of pyridine rings is 1. The fourth-order valence-corrected chi connectivity index (χ4v) is 2.26. The van der Waals surface area contributed by atoms with E-state index in [9.17, 15) is 0 Å². The van der Waals surface area contributed by atoms with Crippen molar-refractivity contribution in [1.82, 2.24) is 10.3 Å². The van der Waals surface area contributed by atoms with Crippen LogP contribution in [0.25, 0.3) is 0 Å². The van der Waals surface area contributed by atoms with Crippen LogP contribution in [0.2, 0.25) is 0 Å². The van der Waals surface area contributed by atoms with E-state index in [0.29, 0.717) is 36.5 Å². The molecule has 0 aliphatic heterocycles. The van der Waals surface area contributed by atoms with E-state index in [0.717, 1.165) is 11.3 Å². The standard InChI is InChI=1S/C18H24N4O3.HI/c1-5-25-16-11-14(8-9-15(16)23-3)22-18(19-2)21-12-13-7-6-10-20-17(13)24-4;/h6-11H,5,12H2,1-4H3,(H2,19,21,22);1H. The zero-order valence-corrected chi connectivity index (χ0v) is 17.7. The summed E-state index contributed by atoms with van der Waals surface area (Å²) in [5.74, 6) is 2.59. The monoisotopic (exact) mass is 472 g/mol. The molecule has 0 aliphatic rings. The Bertz CT molecular complexity index is 725. The summed E-state index contributed by atoms with van der Waals surface area (Å²) < 4.78 is 16.1. The molecule has 0 saturated carbocycles. The number of anilines is 1. The third-order valence-corrected chi connectivity index (χ3v) is 3.44. The quantitative estimate of drug-likeness (QED) is 0.366. The molecule has 8 heteroatoms. The molecule has 1 aromatic heterocycles. The lowest BCUT2D eigenvalue weighted by Crippen LogP contribution is -2.30. The zero-order chi connectivity index (χ0) is 18.1. The number of nitrogens with zero attached hydrogens (tertiary/aromatic N) is 2. The summed E-state index contributed by atoms with van der Waals surface area (Å²) in [7, 11) is 4.93. The predicted octanol–water partition coefficient (Wildman–Crippen LogP) is 3.30. The first-order chi connectivity index (χ1) is 12.2. The van der Waals surface area contributed by atoms with E-state index >= 15 is 0 Å². The summed E-state index contributed by atoms with van der Waals surface area (Å²) in [4.78, 5) is 8.42. The Balaban J connectivity index is 0.00000338. The smallest absolute Gasteiger partial charge is 0.218 e. The number of halogens is 1. The van der Waals surface area contributed by atoms with Gasteiger partial charge in [0, 0.05) is 37.1 Å². The molecule has 0 aliphatic carbocycles. The average Bonchev–Trinajstić information content (AvgIpc) is 2.65. The number of rotatable bonds is 7. The van der Waals surface area contributed by atoms with Crippen LogP contribution < -0.4 is 24.8 Å². The Kier molecular flexibility index (Phi) is 9.56. The van der Waals surface area contributed by atoms with Crippen molar-refractivity contribution in [1.29, 1.82) is 0 Å². The van der Waals surface area contributed by atoms with Crippen LogP contribution in [0.3, 0.4) is 0 Å². The van der Waals surface area contributed by atoms with Crippen molar-refractivity contribution in [2.24, 2.45) is 4.99 Å². The van der Waals surface area contributed by atoms with Gasteiger partial charge in [0.05, 0.1) is 20.8 Å². The third kappa shape index (κ3) is 5.94. The molecule has 0 bridgehead atoms. The Morgan fingerprint density at radius 2 is 1.96 bits per heavy atom. The van der Waals surface area contributed by atoms with Crippen molar-refractivity contribution in [3.05, 3.63) is 42.1 Å². The predicted molar refractivity (Wildman–Crippen MR) is 114 cm³/mol. The van der Waals surface area contributed by atoms with Crippen LogP contribution in [0.1, 0.15) is 12.5 Å². The third-order valence-electron chi connectivity index (χ3n) is 3.44. The number of aliphatic imine (C=N–C) groups is 1. The van der Waals surface area contributed by atoms with Gasteiger partial charge in [-0.3, -0.25) is 4.99 Å². The lowest BCUT2D eigenvalue weighted by atomic mass is 10.2. The molecule has 142 valence electrons. The molecule has 0 spiro atoms. The van der Waals surface area contributed by atoms with Crippen LogP contribution in [-0.2, 0) is 6.54 Å². The molecular formula is C18H25IN4O3. The molecular weight excluding hydrogens is 447 g/mol. The van der Waals surface area contributed by atoms with Crippen molar-refractivity contribution in [3.8, 4) is 17.4 Å². The minimum absolute atomic E-state index is 0. The van der Waals surface area contributed by atoms with Crippen LogP contribution in [0, 0.1) is 0 Å².